The van der Waals surface area contributed by atoms with Gasteiger partial charge in [0, 0.05) is 19.3 Å². The minimum atomic E-state index is -0.255. The summed E-state index contributed by atoms with van der Waals surface area (Å²) in [7, 11) is 1.81. The van der Waals surface area contributed by atoms with Crippen molar-refractivity contribution in [3.8, 4) is 0 Å². The van der Waals surface area contributed by atoms with E-state index in [1.165, 1.54) is 0 Å². The van der Waals surface area contributed by atoms with E-state index in [4.69, 9.17) is 0 Å². The summed E-state index contributed by atoms with van der Waals surface area (Å²) in [6.07, 6.45) is 0. The van der Waals surface area contributed by atoms with Crippen molar-refractivity contribution >= 4 is 23.0 Å². The molecule has 0 aromatic heterocycles. The van der Waals surface area contributed by atoms with Crippen molar-refractivity contribution in [2.75, 3.05) is 29.1 Å². The number of nitrogens with one attached hydrogen (secondary N) is 2. The number of amides is 1. The summed E-state index contributed by atoms with van der Waals surface area (Å²) in [5, 5.41) is 6.58. The quantitative estimate of drug-likeness (QED) is 0.879. The molecule has 1 heterocycles. The molecule has 1 amide bonds. The van der Waals surface area contributed by atoms with Crippen molar-refractivity contribution in [3.05, 3.63) is 54.6 Å². The van der Waals surface area contributed by atoms with Crippen LogP contribution in [-0.4, -0.2) is 25.5 Å². The maximum Gasteiger partial charge on any atom is 0.251 e. The molecule has 2 aromatic rings. The highest BCUT2D eigenvalue weighted by atomic mass is 16.2. The molecular weight excluding hydrogens is 250 g/mol. The minimum Gasteiger partial charge on any atom is -0.381 e. The lowest BCUT2D eigenvalue weighted by molar-refractivity contribution is -0.118. The first-order valence-electron chi connectivity index (χ1n) is 6.68. The van der Waals surface area contributed by atoms with E-state index in [1.807, 2.05) is 54.6 Å². The normalized spacial score (nSPS) is 16.6. The van der Waals surface area contributed by atoms with Gasteiger partial charge in [0.25, 0.3) is 5.91 Å². The van der Waals surface area contributed by atoms with E-state index in [2.05, 4.69) is 10.6 Å². The van der Waals surface area contributed by atoms with Crippen LogP contribution in [0.1, 0.15) is 0 Å². The Balaban J connectivity index is 1.76. The second kappa shape index (κ2) is 5.25. The first-order chi connectivity index (χ1) is 9.75. The number of likely N-dealkylation sites (N-methyl/N-ethyl adjacent to an activating group) is 1. The van der Waals surface area contributed by atoms with Gasteiger partial charge in [-0.2, -0.15) is 0 Å². The zero-order chi connectivity index (χ0) is 13.9. The molecule has 0 spiro atoms. The van der Waals surface area contributed by atoms with Crippen LogP contribution in [0.25, 0.3) is 0 Å². The van der Waals surface area contributed by atoms with Crippen molar-refractivity contribution in [3.63, 3.8) is 0 Å². The molecule has 2 N–H and O–H groups in total. The summed E-state index contributed by atoms with van der Waals surface area (Å²) >= 11 is 0. The molecule has 3 rings (SSSR count). The molecule has 20 heavy (non-hydrogen) atoms. The van der Waals surface area contributed by atoms with E-state index >= 15 is 0 Å². The second-order valence-electron chi connectivity index (χ2n) is 4.86. The summed E-state index contributed by atoms with van der Waals surface area (Å²) in [5.74, 6) is 0.0539. The fourth-order valence-electron chi connectivity index (χ4n) is 2.38. The monoisotopic (exact) mass is 267 g/mol. The van der Waals surface area contributed by atoms with Gasteiger partial charge in [0.05, 0.1) is 11.4 Å². The van der Waals surface area contributed by atoms with Crippen molar-refractivity contribution in [1.82, 2.24) is 0 Å². The average Bonchev–Trinajstić information content (AvgIpc) is 2.54. The van der Waals surface area contributed by atoms with Gasteiger partial charge in [-0.15, -0.1) is 0 Å². The van der Waals surface area contributed by atoms with Crippen molar-refractivity contribution in [1.29, 1.82) is 0 Å². The molecule has 0 saturated heterocycles. The Bertz CT molecular complexity index is 612. The van der Waals surface area contributed by atoms with Gasteiger partial charge in [0.2, 0.25) is 0 Å². The Kier molecular flexibility index (Phi) is 3.29. The lowest BCUT2D eigenvalue weighted by atomic mass is 10.1. The van der Waals surface area contributed by atoms with Crippen LogP contribution < -0.4 is 15.5 Å². The second-order valence-corrected chi connectivity index (χ2v) is 4.86. The number of anilines is 3. The number of benzene rings is 2. The summed E-state index contributed by atoms with van der Waals surface area (Å²) in [4.78, 5) is 14.2. The zero-order valence-corrected chi connectivity index (χ0v) is 11.3. The SMILES string of the molecule is CN(C(=O)C1CNc2ccccc2N1)c1ccccc1. The Morgan fingerprint density at radius 1 is 1.05 bits per heavy atom. The van der Waals surface area contributed by atoms with Crippen LogP contribution >= 0.6 is 0 Å². The van der Waals surface area contributed by atoms with E-state index in [0.717, 1.165) is 17.1 Å². The Morgan fingerprint density at radius 2 is 1.70 bits per heavy atom. The summed E-state index contributed by atoms with van der Waals surface area (Å²) in [6, 6.07) is 17.3. The van der Waals surface area contributed by atoms with E-state index in [-0.39, 0.29) is 11.9 Å². The molecule has 0 fully saturated rings. The largest absolute Gasteiger partial charge is 0.381 e. The Morgan fingerprint density at radius 3 is 2.45 bits per heavy atom. The fourth-order valence-corrected chi connectivity index (χ4v) is 2.38. The van der Waals surface area contributed by atoms with Crippen molar-refractivity contribution in [2.45, 2.75) is 6.04 Å². The third-order valence-electron chi connectivity index (χ3n) is 3.53. The number of carbonyl (C=O) groups is 1. The Hall–Kier alpha value is -2.49. The number of fused-ring (bicyclic) bond motifs is 1. The zero-order valence-electron chi connectivity index (χ0n) is 11.3. The summed E-state index contributed by atoms with van der Waals surface area (Å²) < 4.78 is 0. The van der Waals surface area contributed by atoms with Gasteiger partial charge in [-0.05, 0) is 24.3 Å². The van der Waals surface area contributed by atoms with Crippen LogP contribution in [0.2, 0.25) is 0 Å². The molecule has 1 aliphatic rings. The molecule has 0 bridgehead atoms. The number of para-hydroxylation sites is 3. The minimum absolute atomic E-state index is 0.0539. The molecule has 1 atom stereocenters. The molecule has 1 aliphatic heterocycles. The fraction of sp³-hybridized carbons (Fsp3) is 0.188. The Labute approximate surface area is 118 Å². The maximum absolute atomic E-state index is 12.5. The van der Waals surface area contributed by atoms with E-state index in [9.17, 15) is 4.79 Å². The highest BCUT2D eigenvalue weighted by Crippen LogP contribution is 2.26. The summed E-state index contributed by atoms with van der Waals surface area (Å²) in [6.45, 7) is 0.590. The maximum atomic E-state index is 12.5. The average molecular weight is 267 g/mol. The van der Waals surface area contributed by atoms with Gasteiger partial charge >= 0.3 is 0 Å². The van der Waals surface area contributed by atoms with Crippen LogP contribution in [-0.2, 0) is 4.79 Å². The van der Waals surface area contributed by atoms with Crippen LogP contribution in [0.3, 0.4) is 0 Å². The molecule has 0 radical (unpaired) electrons. The van der Waals surface area contributed by atoms with E-state index < -0.39 is 0 Å². The smallest absolute Gasteiger partial charge is 0.251 e. The molecular formula is C16H17N3O. The highest BCUT2D eigenvalue weighted by molar-refractivity contribution is 5.99. The highest BCUT2D eigenvalue weighted by Gasteiger charge is 2.26. The first-order valence-corrected chi connectivity index (χ1v) is 6.68. The van der Waals surface area contributed by atoms with Crippen LogP contribution in [0.15, 0.2) is 54.6 Å². The van der Waals surface area contributed by atoms with Gasteiger partial charge in [-0.1, -0.05) is 30.3 Å². The predicted molar refractivity (Wildman–Crippen MR) is 82.2 cm³/mol. The van der Waals surface area contributed by atoms with Crippen LogP contribution in [0.5, 0.6) is 0 Å². The van der Waals surface area contributed by atoms with Gasteiger partial charge < -0.3 is 15.5 Å². The molecule has 4 heteroatoms. The number of nitrogens with zero attached hydrogens (tertiary/aromatic N) is 1. The number of rotatable bonds is 2. The van der Waals surface area contributed by atoms with Crippen molar-refractivity contribution in [2.24, 2.45) is 0 Å². The van der Waals surface area contributed by atoms with Crippen LogP contribution in [0, 0.1) is 0 Å². The number of carbonyl (C=O) groups excluding carboxylic acids is 1. The topological polar surface area (TPSA) is 44.4 Å². The standard InChI is InChI=1S/C16H17N3O/c1-19(12-7-3-2-4-8-12)16(20)15-11-17-13-9-5-6-10-14(13)18-15/h2-10,15,17-18H,11H2,1H3. The van der Waals surface area contributed by atoms with E-state index in [0.29, 0.717) is 6.54 Å². The number of hydrogen-bond acceptors (Lipinski definition) is 3. The predicted octanol–water partition coefficient (Wildman–Crippen LogP) is 2.56. The van der Waals surface area contributed by atoms with Gasteiger partial charge in [-0.3, -0.25) is 4.79 Å². The van der Waals surface area contributed by atoms with Gasteiger partial charge in [0.1, 0.15) is 6.04 Å². The molecule has 1 unspecified atom stereocenters. The van der Waals surface area contributed by atoms with Gasteiger partial charge in [0.15, 0.2) is 0 Å². The molecule has 2 aromatic carbocycles. The van der Waals surface area contributed by atoms with Crippen molar-refractivity contribution < 1.29 is 4.79 Å². The van der Waals surface area contributed by atoms with E-state index in [1.54, 1.807) is 11.9 Å². The molecule has 0 aliphatic carbocycles. The van der Waals surface area contributed by atoms with Crippen LogP contribution in [0.4, 0.5) is 17.1 Å². The lowest BCUT2D eigenvalue weighted by Gasteiger charge is -2.30. The summed E-state index contributed by atoms with van der Waals surface area (Å²) in [5.41, 5.74) is 2.91. The third-order valence-corrected chi connectivity index (χ3v) is 3.53. The third kappa shape index (κ3) is 2.32. The first kappa shape index (κ1) is 12.5. The molecule has 0 saturated carbocycles. The van der Waals surface area contributed by atoms with Gasteiger partial charge in [-0.25, -0.2) is 0 Å². The molecule has 102 valence electrons. The molecule has 4 nitrogen and oxygen atoms in total. The lowest BCUT2D eigenvalue weighted by Crippen LogP contribution is -2.46. The number of hydrogen-bond donors (Lipinski definition) is 2.